The summed E-state index contributed by atoms with van der Waals surface area (Å²) in [5.41, 5.74) is 2.00. The SMILES string of the molecule is CC(C)Nc1cccnc1N(C)CCCCN(C)C(=O)n1ccc2ccccc21. The first-order valence-electron chi connectivity index (χ1n) is 10.2. The van der Waals surface area contributed by atoms with E-state index in [1.165, 1.54) is 0 Å². The minimum atomic E-state index is 0.00713. The molecule has 154 valence electrons. The highest BCUT2D eigenvalue weighted by atomic mass is 16.2. The number of pyridine rings is 1. The largest absolute Gasteiger partial charge is 0.380 e. The number of fused-ring (bicyclic) bond motifs is 1. The zero-order valence-electron chi connectivity index (χ0n) is 17.8. The highest BCUT2D eigenvalue weighted by molar-refractivity contribution is 5.91. The number of nitrogens with zero attached hydrogens (tertiary/aromatic N) is 4. The summed E-state index contributed by atoms with van der Waals surface area (Å²) in [5.74, 6) is 0.962. The third-order valence-corrected chi connectivity index (χ3v) is 4.96. The second kappa shape index (κ2) is 9.45. The van der Waals surface area contributed by atoms with Crippen molar-refractivity contribution in [3.8, 4) is 0 Å². The summed E-state index contributed by atoms with van der Waals surface area (Å²) in [6.07, 6.45) is 5.59. The molecule has 3 rings (SSSR count). The molecule has 0 aliphatic rings. The van der Waals surface area contributed by atoms with Crippen LogP contribution in [0.3, 0.4) is 0 Å². The molecule has 1 aromatic carbocycles. The van der Waals surface area contributed by atoms with E-state index in [1.807, 2.05) is 55.8 Å². The number of unbranched alkanes of at least 4 members (excludes halogenated alkanes) is 1. The van der Waals surface area contributed by atoms with Crippen LogP contribution in [0.2, 0.25) is 0 Å². The van der Waals surface area contributed by atoms with Gasteiger partial charge >= 0.3 is 6.03 Å². The van der Waals surface area contributed by atoms with Gasteiger partial charge in [0.1, 0.15) is 0 Å². The molecule has 6 heteroatoms. The summed E-state index contributed by atoms with van der Waals surface area (Å²) in [6.45, 7) is 5.85. The van der Waals surface area contributed by atoms with E-state index in [4.69, 9.17) is 0 Å². The fourth-order valence-electron chi connectivity index (χ4n) is 3.46. The van der Waals surface area contributed by atoms with Crippen molar-refractivity contribution < 1.29 is 4.79 Å². The van der Waals surface area contributed by atoms with Crippen LogP contribution in [0, 0.1) is 0 Å². The van der Waals surface area contributed by atoms with Gasteiger partial charge in [-0.05, 0) is 51.0 Å². The van der Waals surface area contributed by atoms with Gasteiger partial charge < -0.3 is 15.1 Å². The lowest BCUT2D eigenvalue weighted by Crippen LogP contribution is -2.32. The van der Waals surface area contributed by atoms with Gasteiger partial charge in [0.15, 0.2) is 5.82 Å². The molecule has 0 aliphatic heterocycles. The smallest absolute Gasteiger partial charge is 0.328 e. The molecule has 0 radical (unpaired) electrons. The highest BCUT2D eigenvalue weighted by Gasteiger charge is 2.14. The molecular formula is C23H31N5O. The maximum atomic E-state index is 12.8. The molecule has 0 bridgehead atoms. The van der Waals surface area contributed by atoms with Gasteiger partial charge in [0.05, 0.1) is 11.2 Å². The first-order valence-corrected chi connectivity index (χ1v) is 10.2. The van der Waals surface area contributed by atoms with Gasteiger partial charge in [0, 0.05) is 51.0 Å². The summed E-state index contributed by atoms with van der Waals surface area (Å²) < 4.78 is 1.72. The molecular weight excluding hydrogens is 362 g/mol. The molecule has 0 saturated heterocycles. The van der Waals surface area contributed by atoms with Gasteiger partial charge in [0.25, 0.3) is 0 Å². The monoisotopic (exact) mass is 393 g/mol. The van der Waals surface area contributed by atoms with Gasteiger partial charge in [0.2, 0.25) is 0 Å². The molecule has 1 N–H and O–H groups in total. The van der Waals surface area contributed by atoms with E-state index in [1.54, 1.807) is 9.47 Å². The molecule has 3 aromatic rings. The minimum Gasteiger partial charge on any atom is -0.380 e. The second-order valence-electron chi connectivity index (χ2n) is 7.75. The van der Waals surface area contributed by atoms with Crippen molar-refractivity contribution in [1.29, 1.82) is 0 Å². The van der Waals surface area contributed by atoms with Crippen molar-refractivity contribution in [2.45, 2.75) is 32.7 Å². The Bertz CT molecular complexity index is 949. The number of hydrogen-bond acceptors (Lipinski definition) is 4. The van der Waals surface area contributed by atoms with Crippen LogP contribution in [0.1, 0.15) is 26.7 Å². The Hall–Kier alpha value is -3.02. The summed E-state index contributed by atoms with van der Waals surface area (Å²) in [5, 5.41) is 4.53. The van der Waals surface area contributed by atoms with Crippen molar-refractivity contribution in [2.75, 3.05) is 37.4 Å². The van der Waals surface area contributed by atoms with E-state index in [2.05, 4.69) is 42.2 Å². The Kier molecular flexibility index (Phi) is 6.75. The Morgan fingerprint density at radius 1 is 1.07 bits per heavy atom. The highest BCUT2D eigenvalue weighted by Crippen LogP contribution is 2.22. The lowest BCUT2D eigenvalue weighted by atomic mass is 10.2. The fraction of sp³-hybridized carbons (Fsp3) is 0.391. The van der Waals surface area contributed by atoms with Crippen LogP contribution in [0.4, 0.5) is 16.3 Å². The number of hydrogen-bond donors (Lipinski definition) is 1. The number of rotatable bonds is 8. The molecule has 6 nitrogen and oxygen atoms in total. The zero-order valence-corrected chi connectivity index (χ0v) is 17.8. The number of amides is 1. The van der Waals surface area contributed by atoms with Crippen molar-refractivity contribution in [2.24, 2.45) is 0 Å². The van der Waals surface area contributed by atoms with Crippen LogP contribution in [0.5, 0.6) is 0 Å². The van der Waals surface area contributed by atoms with Gasteiger partial charge in [-0.15, -0.1) is 0 Å². The average molecular weight is 394 g/mol. The predicted molar refractivity (Wildman–Crippen MR) is 121 cm³/mol. The number of para-hydroxylation sites is 1. The van der Waals surface area contributed by atoms with Crippen molar-refractivity contribution in [1.82, 2.24) is 14.5 Å². The molecule has 0 saturated carbocycles. The van der Waals surface area contributed by atoms with E-state index in [0.29, 0.717) is 6.04 Å². The Morgan fingerprint density at radius 3 is 2.62 bits per heavy atom. The van der Waals surface area contributed by atoms with Gasteiger partial charge in [-0.25, -0.2) is 9.78 Å². The minimum absolute atomic E-state index is 0.00713. The van der Waals surface area contributed by atoms with Crippen molar-refractivity contribution in [3.05, 3.63) is 54.9 Å². The topological polar surface area (TPSA) is 53.4 Å². The van der Waals surface area contributed by atoms with E-state index >= 15 is 0 Å². The normalized spacial score (nSPS) is 11.1. The van der Waals surface area contributed by atoms with E-state index < -0.39 is 0 Å². The third kappa shape index (κ3) is 5.08. The van der Waals surface area contributed by atoms with Crippen molar-refractivity contribution >= 4 is 28.4 Å². The molecule has 0 atom stereocenters. The Morgan fingerprint density at radius 2 is 1.83 bits per heavy atom. The molecule has 0 spiro atoms. The maximum absolute atomic E-state index is 12.8. The molecule has 29 heavy (non-hydrogen) atoms. The lowest BCUT2D eigenvalue weighted by Gasteiger charge is -2.23. The zero-order chi connectivity index (χ0) is 20.8. The fourth-order valence-corrected chi connectivity index (χ4v) is 3.46. The van der Waals surface area contributed by atoms with Gasteiger partial charge in [-0.3, -0.25) is 4.57 Å². The summed E-state index contributed by atoms with van der Waals surface area (Å²) >= 11 is 0. The molecule has 1 amide bonds. The average Bonchev–Trinajstić information content (AvgIpc) is 3.14. The second-order valence-corrected chi connectivity index (χ2v) is 7.75. The van der Waals surface area contributed by atoms with E-state index in [-0.39, 0.29) is 6.03 Å². The number of carbonyl (C=O) groups is 1. The van der Waals surface area contributed by atoms with Gasteiger partial charge in [-0.1, -0.05) is 18.2 Å². The maximum Gasteiger partial charge on any atom is 0.328 e. The van der Waals surface area contributed by atoms with E-state index in [9.17, 15) is 4.79 Å². The van der Waals surface area contributed by atoms with Crippen LogP contribution in [0.25, 0.3) is 10.9 Å². The van der Waals surface area contributed by atoms with Crippen LogP contribution in [-0.4, -0.2) is 53.7 Å². The summed E-state index contributed by atoms with van der Waals surface area (Å²) in [7, 11) is 3.93. The number of nitrogens with one attached hydrogen (secondary N) is 1. The quantitative estimate of drug-likeness (QED) is 0.565. The summed E-state index contributed by atoms with van der Waals surface area (Å²) in [6, 6.07) is 14.3. The Balaban J connectivity index is 1.51. The molecule has 2 aromatic heterocycles. The predicted octanol–water partition coefficient (Wildman–Crippen LogP) is 4.67. The molecule has 0 unspecified atom stereocenters. The first kappa shape index (κ1) is 20.7. The van der Waals surface area contributed by atoms with Crippen LogP contribution in [-0.2, 0) is 0 Å². The number of benzene rings is 1. The number of aromatic nitrogens is 2. The number of carbonyl (C=O) groups excluding carboxylic acids is 1. The number of anilines is 2. The van der Waals surface area contributed by atoms with Crippen molar-refractivity contribution in [3.63, 3.8) is 0 Å². The van der Waals surface area contributed by atoms with Crippen LogP contribution >= 0.6 is 0 Å². The lowest BCUT2D eigenvalue weighted by molar-refractivity contribution is 0.211. The van der Waals surface area contributed by atoms with Crippen LogP contribution < -0.4 is 10.2 Å². The first-order chi connectivity index (χ1) is 14.0. The molecule has 2 heterocycles. The Labute approximate surface area is 173 Å². The van der Waals surface area contributed by atoms with Crippen LogP contribution in [0.15, 0.2) is 54.9 Å². The standard InChI is InChI=1S/C23H31N5O/c1-18(2)25-20-11-9-14-24-22(20)26(3)15-7-8-16-27(4)23(29)28-17-13-19-10-5-6-12-21(19)28/h5-6,9-14,17-18,25H,7-8,15-16H2,1-4H3. The molecule has 0 aliphatic carbocycles. The third-order valence-electron chi connectivity index (χ3n) is 4.96. The van der Waals surface area contributed by atoms with E-state index in [0.717, 1.165) is 48.3 Å². The van der Waals surface area contributed by atoms with Gasteiger partial charge in [-0.2, -0.15) is 0 Å². The molecule has 0 fully saturated rings. The summed E-state index contributed by atoms with van der Waals surface area (Å²) in [4.78, 5) is 21.3.